The van der Waals surface area contributed by atoms with E-state index in [1.165, 1.54) is 40.5 Å². The number of hydrogen-bond acceptors (Lipinski definition) is 0. The van der Waals surface area contributed by atoms with Crippen molar-refractivity contribution in [1.29, 1.82) is 0 Å². The van der Waals surface area contributed by atoms with Crippen LogP contribution in [0.4, 0.5) is 0 Å². The summed E-state index contributed by atoms with van der Waals surface area (Å²) < 4.78 is 0. The molecule has 1 fully saturated rings. The van der Waals surface area contributed by atoms with E-state index in [1.807, 2.05) is 0 Å². The van der Waals surface area contributed by atoms with Crippen molar-refractivity contribution in [1.82, 2.24) is 0 Å². The Kier molecular flexibility index (Phi) is 6.60. The topological polar surface area (TPSA) is 0 Å². The molecule has 0 bridgehead atoms. The van der Waals surface area contributed by atoms with Crippen LogP contribution in [0.5, 0.6) is 0 Å². The summed E-state index contributed by atoms with van der Waals surface area (Å²) in [7, 11) is -0.777. The summed E-state index contributed by atoms with van der Waals surface area (Å²) in [5.74, 6) is 0. The first kappa shape index (κ1) is 20.6. The van der Waals surface area contributed by atoms with Gasteiger partial charge in [0.25, 0.3) is 0 Å². The molecule has 4 aromatic rings. The second kappa shape index (κ2) is 9.91. The van der Waals surface area contributed by atoms with E-state index in [9.17, 15) is 0 Å². The van der Waals surface area contributed by atoms with Crippen LogP contribution in [0.1, 0.15) is 19.3 Å². The molecular weight excluding hydrogens is 410 g/mol. The van der Waals surface area contributed by atoms with Crippen molar-refractivity contribution in [2.24, 2.45) is 0 Å². The minimum atomic E-state index is -0.388. The minimum absolute atomic E-state index is 0.388. The number of rotatable bonds is 6. The third-order valence-corrected chi connectivity index (χ3v) is 12.5. The van der Waals surface area contributed by atoms with Gasteiger partial charge in [0.2, 0.25) is 0 Å². The maximum atomic E-state index is 2.36. The van der Waals surface area contributed by atoms with Gasteiger partial charge in [0.05, 0.1) is 0 Å². The molecule has 154 valence electrons. The Labute approximate surface area is 188 Å². The van der Waals surface area contributed by atoms with Gasteiger partial charge in [-0.05, 0) is 61.2 Å². The van der Waals surface area contributed by atoms with Crippen LogP contribution in [0.3, 0.4) is 0 Å². The predicted octanol–water partition coefficient (Wildman–Crippen LogP) is 6.17. The molecule has 0 amide bonds. The van der Waals surface area contributed by atoms with Crippen molar-refractivity contribution in [3.8, 4) is 0 Å². The monoisotopic (exact) mass is 438 g/mol. The van der Waals surface area contributed by atoms with E-state index in [1.54, 1.807) is 0 Å². The molecule has 2 heteroatoms. The maximum Gasteiger partial charge on any atom is -0.00551 e. The van der Waals surface area contributed by atoms with Crippen molar-refractivity contribution in [3.63, 3.8) is 0 Å². The molecule has 4 aromatic carbocycles. The number of hydrogen-bond donors (Lipinski definition) is 0. The maximum absolute atomic E-state index is 2.36. The Morgan fingerprint density at radius 2 is 0.645 bits per heavy atom. The second-order valence-corrected chi connectivity index (χ2v) is 13.0. The van der Waals surface area contributed by atoms with E-state index in [2.05, 4.69) is 121 Å². The Bertz CT molecular complexity index is 897. The van der Waals surface area contributed by atoms with Gasteiger partial charge in [0.1, 0.15) is 0 Å². The summed E-state index contributed by atoms with van der Waals surface area (Å²) in [6.07, 6.45) is 4.00. The molecule has 0 saturated heterocycles. The predicted molar refractivity (Wildman–Crippen MR) is 140 cm³/mol. The summed E-state index contributed by atoms with van der Waals surface area (Å²) in [6, 6.07) is 45.2. The Hall–Kier alpha value is -2.26. The lowest BCUT2D eigenvalue weighted by molar-refractivity contribution is 0.888. The molecule has 0 aromatic heterocycles. The van der Waals surface area contributed by atoms with Gasteiger partial charge in [0.15, 0.2) is 0 Å². The van der Waals surface area contributed by atoms with Crippen LogP contribution in [0.2, 0.25) is 0 Å². The van der Waals surface area contributed by atoms with Crippen molar-refractivity contribution < 1.29 is 0 Å². The summed E-state index contributed by atoms with van der Waals surface area (Å²) >= 11 is 0. The van der Waals surface area contributed by atoms with Crippen LogP contribution in [-0.4, -0.2) is 11.3 Å². The van der Waals surface area contributed by atoms with Gasteiger partial charge < -0.3 is 0 Å². The highest BCUT2D eigenvalue weighted by Gasteiger charge is 2.40. The first-order valence-electron chi connectivity index (χ1n) is 11.2. The lowest BCUT2D eigenvalue weighted by atomic mass is 10.3. The average Bonchev–Trinajstić information content (AvgIpc) is 3.31. The highest BCUT2D eigenvalue weighted by Crippen LogP contribution is 2.57. The summed E-state index contributed by atoms with van der Waals surface area (Å²) in [4.78, 5) is 0. The quantitative estimate of drug-likeness (QED) is 0.316. The van der Waals surface area contributed by atoms with Crippen LogP contribution in [-0.2, 0) is 0 Å². The lowest BCUT2D eigenvalue weighted by Gasteiger charge is -2.35. The Morgan fingerprint density at radius 1 is 0.387 bits per heavy atom. The van der Waals surface area contributed by atoms with Gasteiger partial charge in [-0.25, -0.2) is 0 Å². The van der Waals surface area contributed by atoms with E-state index in [-0.39, 0.29) is 15.8 Å². The Morgan fingerprint density at radius 3 is 0.903 bits per heavy atom. The van der Waals surface area contributed by atoms with Gasteiger partial charge >= 0.3 is 0 Å². The van der Waals surface area contributed by atoms with Crippen LogP contribution in [0, 0.1) is 0 Å². The van der Waals surface area contributed by atoms with Crippen LogP contribution < -0.4 is 21.2 Å². The largest absolute Gasteiger partial charge is 0.0622 e. The van der Waals surface area contributed by atoms with E-state index in [4.69, 9.17) is 0 Å². The molecular formula is C29H28P2. The molecule has 0 aliphatic heterocycles. The third kappa shape index (κ3) is 4.52. The molecule has 5 rings (SSSR count). The van der Waals surface area contributed by atoms with Gasteiger partial charge in [-0.3, -0.25) is 0 Å². The molecule has 0 radical (unpaired) electrons. The zero-order valence-electron chi connectivity index (χ0n) is 17.7. The van der Waals surface area contributed by atoms with E-state index in [0.29, 0.717) is 11.3 Å². The zero-order chi connectivity index (χ0) is 20.9. The molecule has 31 heavy (non-hydrogen) atoms. The van der Waals surface area contributed by atoms with Gasteiger partial charge in [-0.15, -0.1) is 0 Å². The molecule has 1 saturated carbocycles. The fraction of sp³-hybridized carbons (Fsp3) is 0.172. The molecule has 0 N–H and O–H groups in total. The van der Waals surface area contributed by atoms with E-state index in [0.717, 1.165) is 0 Å². The van der Waals surface area contributed by atoms with Crippen molar-refractivity contribution >= 4 is 37.1 Å². The van der Waals surface area contributed by atoms with E-state index < -0.39 is 0 Å². The molecule has 0 unspecified atom stereocenters. The van der Waals surface area contributed by atoms with Crippen molar-refractivity contribution in [3.05, 3.63) is 121 Å². The van der Waals surface area contributed by atoms with Crippen LogP contribution >= 0.6 is 15.8 Å². The average molecular weight is 438 g/mol. The summed E-state index contributed by atoms with van der Waals surface area (Å²) in [5.41, 5.74) is 1.43. The summed E-state index contributed by atoms with van der Waals surface area (Å²) in [6.45, 7) is 0. The van der Waals surface area contributed by atoms with Gasteiger partial charge in [0, 0.05) is 0 Å². The smallest absolute Gasteiger partial charge is 0.00551 e. The van der Waals surface area contributed by atoms with Gasteiger partial charge in [-0.2, -0.15) is 0 Å². The SMILES string of the molecule is c1ccc(P(c2ccccc2)[C@@H]2CCC[C@H]2P(c2ccccc2)c2ccccc2)cc1. The molecule has 0 spiro atoms. The normalized spacial score (nSPS) is 18.5. The third-order valence-electron chi connectivity index (χ3n) is 6.24. The van der Waals surface area contributed by atoms with Crippen LogP contribution in [0.15, 0.2) is 121 Å². The first-order chi connectivity index (χ1) is 15.4. The second-order valence-electron chi connectivity index (χ2n) is 8.15. The Balaban J connectivity index is 1.60. The zero-order valence-corrected chi connectivity index (χ0v) is 19.5. The standard InChI is InChI=1S/C29H28P2/c1-5-14-24(15-6-1)30(25-16-7-2-8-17-25)28-22-13-23-29(28)31(26-18-9-3-10-19-26)27-20-11-4-12-21-27/h1-12,14-21,28-29H,13,22-23H2/t28-,29-/m1/s1. The van der Waals surface area contributed by atoms with Gasteiger partial charge in [-0.1, -0.05) is 128 Å². The lowest BCUT2D eigenvalue weighted by Crippen LogP contribution is -2.31. The molecule has 1 aliphatic rings. The van der Waals surface area contributed by atoms with Crippen LogP contribution in [0.25, 0.3) is 0 Å². The highest BCUT2D eigenvalue weighted by molar-refractivity contribution is 7.77. The highest BCUT2D eigenvalue weighted by atomic mass is 31.1. The fourth-order valence-electron chi connectivity index (χ4n) is 4.94. The molecule has 1 aliphatic carbocycles. The fourth-order valence-corrected chi connectivity index (χ4v) is 11.7. The molecule has 0 heterocycles. The van der Waals surface area contributed by atoms with Crippen molar-refractivity contribution in [2.45, 2.75) is 30.6 Å². The minimum Gasteiger partial charge on any atom is -0.0622 e. The molecule has 0 nitrogen and oxygen atoms in total. The van der Waals surface area contributed by atoms with Crippen molar-refractivity contribution in [2.75, 3.05) is 0 Å². The number of benzene rings is 4. The van der Waals surface area contributed by atoms with E-state index >= 15 is 0 Å². The molecule has 2 atom stereocenters. The summed E-state index contributed by atoms with van der Waals surface area (Å²) in [5, 5.41) is 6.10. The first-order valence-corrected chi connectivity index (χ1v) is 14.0.